The highest BCUT2D eigenvalue weighted by Gasteiger charge is 2.45. The number of carbonyl (C=O) groups is 1. The molecule has 0 unspecified atom stereocenters. The molecule has 1 heterocycles. The zero-order chi connectivity index (χ0) is 20.7. The van der Waals surface area contributed by atoms with Crippen LogP contribution in [0.2, 0.25) is 0 Å². The lowest BCUT2D eigenvalue weighted by atomic mass is 9.81. The average Bonchev–Trinajstić information content (AvgIpc) is 2.80. The van der Waals surface area contributed by atoms with Crippen LogP contribution in [0.15, 0.2) is 66.7 Å². The zero-order valence-corrected chi connectivity index (χ0v) is 16.4. The Kier molecular flexibility index (Phi) is 6.41. The second-order valence-corrected chi connectivity index (χ2v) is 6.08. The molecule has 2 aromatic carbocycles. The lowest BCUT2D eigenvalue weighted by Gasteiger charge is -2.37. The largest absolute Gasteiger partial charge is 0.481 e. The molecule has 0 aliphatic carbocycles. The Morgan fingerprint density at radius 2 is 1.31 bits per heavy atom. The van der Waals surface area contributed by atoms with Gasteiger partial charge in [-0.3, -0.25) is 4.79 Å². The molecule has 3 aromatic rings. The van der Waals surface area contributed by atoms with Crippen LogP contribution < -0.4 is 14.2 Å². The maximum atomic E-state index is 12.2. The molecule has 0 fully saturated rings. The fourth-order valence-electron chi connectivity index (χ4n) is 3.18. The third kappa shape index (κ3) is 4.05. The van der Waals surface area contributed by atoms with Gasteiger partial charge < -0.3 is 18.9 Å². The number of benzene rings is 2. The summed E-state index contributed by atoms with van der Waals surface area (Å²) < 4.78 is 22.2. The normalized spacial score (nSPS) is 12.1. The molecule has 0 N–H and O–H groups in total. The van der Waals surface area contributed by atoms with E-state index in [9.17, 15) is 4.79 Å². The minimum atomic E-state index is -1.22. The number of carbonyl (C=O) groups excluding carboxylic acids is 1. The summed E-state index contributed by atoms with van der Waals surface area (Å²) in [5.41, 5.74) is 0.283. The molecule has 1 aromatic heterocycles. The Hall–Kier alpha value is -3.45. The van der Waals surface area contributed by atoms with Crippen LogP contribution in [0.5, 0.6) is 17.8 Å². The Morgan fingerprint density at radius 3 is 1.69 bits per heavy atom. The molecular weight excluding hydrogens is 372 g/mol. The van der Waals surface area contributed by atoms with E-state index in [4.69, 9.17) is 18.9 Å². The number of hydrogen-bond donors (Lipinski definition) is 0. The van der Waals surface area contributed by atoms with Crippen LogP contribution in [-0.2, 0) is 15.1 Å². The number of nitrogens with zero attached hydrogens (tertiary/aromatic N) is 2. The maximum Gasteiger partial charge on any atom is 0.323 e. The molecule has 0 bridgehead atoms. The predicted octanol–water partition coefficient (Wildman–Crippen LogP) is 3.03. The quantitative estimate of drug-likeness (QED) is 0.516. The van der Waals surface area contributed by atoms with Crippen molar-refractivity contribution >= 4 is 6.29 Å². The van der Waals surface area contributed by atoms with Crippen LogP contribution in [0.3, 0.4) is 0 Å². The van der Waals surface area contributed by atoms with E-state index < -0.39 is 11.7 Å². The monoisotopic (exact) mass is 394 g/mol. The van der Waals surface area contributed by atoms with Gasteiger partial charge in [0.25, 0.3) is 0 Å². The highest BCUT2D eigenvalue weighted by atomic mass is 16.6. The summed E-state index contributed by atoms with van der Waals surface area (Å²) in [5.74, 6) is 0.498. The van der Waals surface area contributed by atoms with Gasteiger partial charge in [0.05, 0.1) is 20.3 Å². The molecule has 7 heteroatoms. The van der Waals surface area contributed by atoms with Crippen molar-refractivity contribution in [1.82, 2.24) is 9.97 Å². The molecule has 0 aliphatic rings. The molecule has 29 heavy (non-hydrogen) atoms. The van der Waals surface area contributed by atoms with E-state index >= 15 is 0 Å². The van der Waals surface area contributed by atoms with Crippen molar-refractivity contribution in [3.8, 4) is 17.8 Å². The van der Waals surface area contributed by atoms with E-state index in [1.807, 2.05) is 60.7 Å². The van der Waals surface area contributed by atoms with Gasteiger partial charge in [-0.05, 0) is 11.1 Å². The van der Waals surface area contributed by atoms with Crippen molar-refractivity contribution in [3.63, 3.8) is 0 Å². The Labute approximate surface area is 169 Å². The van der Waals surface area contributed by atoms with Gasteiger partial charge >= 0.3 is 6.01 Å². The number of ether oxygens (including phenoxy) is 4. The van der Waals surface area contributed by atoms with E-state index in [0.717, 1.165) is 11.1 Å². The summed E-state index contributed by atoms with van der Waals surface area (Å²) in [5, 5.41) is 0. The third-order valence-electron chi connectivity index (χ3n) is 4.56. The highest BCUT2D eigenvalue weighted by Crippen LogP contribution is 2.38. The summed E-state index contributed by atoms with van der Waals surface area (Å²) in [7, 11) is 4.47. The van der Waals surface area contributed by atoms with Crippen molar-refractivity contribution < 1.29 is 23.7 Å². The van der Waals surface area contributed by atoms with Crippen LogP contribution in [0.25, 0.3) is 0 Å². The topological polar surface area (TPSA) is 79.8 Å². The van der Waals surface area contributed by atoms with Crippen LogP contribution in [0, 0.1) is 0 Å². The second-order valence-electron chi connectivity index (χ2n) is 6.08. The minimum Gasteiger partial charge on any atom is -0.481 e. The van der Waals surface area contributed by atoms with Crippen LogP contribution in [-0.4, -0.2) is 43.7 Å². The van der Waals surface area contributed by atoms with Gasteiger partial charge in [0.15, 0.2) is 18.0 Å². The standard InChI is InChI=1S/C22H22N2O5/c1-26-19-14-20(27-2)24-21(23-19)29-18(15-25)22(28-3,16-10-6-4-7-11-16)17-12-8-5-9-13-17/h4-15,18H,1-3H3/t18-/m1/s1. The number of hydrogen-bond acceptors (Lipinski definition) is 7. The first-order valence-electron chi connectivity index (χ1n) is 8.93. The molecule has 3 rings (SSSR count). The van der Waals surface area contributed by atoms with Gasteiger partial charge in [-0.25, -0.2) is 0 Å². The smallest absolute Gasteiger partial charge is 0.323 e. The molecule has 7 nitrogen and oxygen atoms in total. The molecule has 150 valence electrons. The Bertz CT molecular complexity index is 873. The molecule has 0 radical (unpaired) electrons. The fraction of sp³-hybridized carbons (Fsp3) is 0.227. The van der Waals surface area contributed by atoms with E-state index in [1.54, 1.807) is 0 Å². The highest BCUT2D eigenvalue weighted by molar-refractivity contribution is 5.63. The molecular formula is C22H22N2O5. The summed E-state index contributed by atoms with van der Waals surface area (Å²) in [6.07, 6.45) is -0.409. The second kappa shape index (κ2) is 9.16. The first kappa shape index (κ1) is 20.3. The van der Waals surface area contributed by atoms with E-state index in [2.05, 4.69) is 9.97 Å². The summed E-state index contributed by atoms with van der Waals surface area (Å²) in [6.45, 7) is 0. The summed E-state index contributed by atoms with van der Waals surface area (Å²) >= 11 is 0. The van der Waals surface area contributed by atoms with E-state index in [-0.39, 0.29) is 17.8 Å². The van der Waals surface area contributed by atoms with E-state index in [1.165, 1.54) is 27.4 Å². The van der Waals surface area contributed by atoms with Crippen molar-refractivity contribution in [2.75, 3.05) is 21.3 Å². The molecule has 0 amide bonds. The molecule has 1 atom stereocenters. The van der Waals surface area contributed by atoms with Crippen LogP contribution in [0.4, 0.5) is 0 Å². The number of aldehydes is 1. The van der Waals surface area contributed by atoms with Gasteiger partial charge in [-0.2, -0.15) is 9.97 Å². The van der Waals surface area contributed by atoms with Crippen molar-refractivity contribution in [1.29, 1.82) is 0 Å². The fourth-order valence-corrected chi connectivity index (χ4v) is 3.18. The lowest BCUT2D eigenvalue weighted by molar-refractivity contribution is -0.128. The first-order chi connectivity index (χ1) is 14.2. The van der Waals surface area contributed by atoms with Crippen LogP contribution >= 0.6 is 0 Å². The zero-order valence-electron chi connectivity index (χ0n) is 16.4. The van der Waals surface area contributed by atoms with Crippen molar-refractivity contribution in [3.05, 3.63) is 77.9 Å². The Balaban J connectivity index is 2.12. The van der Waals surface area contributed by atoms with Gasteiger partial charge in [-0.1, -0.05) is 60.7 Å². The minimum absolute atomic E-state index is 0.0633. The first-order valence-corrected chi connectivity index (χ1v) is 8.93. The Morgan fingerprint density at radius 1 is 0.828 bits per heavy atom. The summed E-state index contributed by atoms with van der Waals surface area (Å²) in [4.78, 5) is 20.6. The summed E-state index contributed by atoms with van der Waals surface area (Å²) in [6, 6.07) is 20.2. The molecule has 0 aliphatic heterocycles. The van der Waals surface area contributed by atoms with Gasteiger partial charge in [-0.15, -0.1) is 0 Å². The molecule has 0 saturated carbocycles. The lowest BCUT2D eigenvalue weighted by Crippen LogP contribution is -2.47. The van der Waals surface area contributed by atoms with Gasteiger partial charge in [0, 0.05) is 7.11 Å². The van der Waals surface area contributed by atoms with Gasteiger partial charge in [0.2, 0.25) is 11.8 Å². The molecule has 0 spiro atoms. The maximum absolute atomic E-state index is 12.2. The third-order valence-corrected chi connectivity index (χ3v) is 4.56. The number of aromatic nitrogens is 2. The molecule has 0 saturated heterocycles. The van der Waals surface area contributed by atoms with Gasteiger partial charge in [0.1, 0.15) is 0 Å². The predicted molar refractivity (Wildman–Crippen MR) is 106 cm³/mol. The average molecular weight is 394 g/mol. The van der Waals surface area contributed by atoms with Crippen molar-refractivity contribution in [2.45, 2.75) is 11.7 Å². The number of rotatable bonds is 9. The van der Waals surface area contributed by atoms with E-state index in [0.29, 0.717) is 6.29 Å². The SMILES string of the molecule is COc1cc(OC)nc(O[C@H](C=O)C(OC)(c2ccccc2)c2ccccc2)n1. The number of methoxy groups -OCH3 is 3. The van der Waals surface area contributed by atoms with Crippen molar-refractivity contribution in [2.24, 2.45) is 0 Å². The van der Waals surface area contributed by atoms with Crippen LogP contribution in [0.1, 0.15) is 11.1 Å².